The maximum absolute atomic E-state index is 12.2. The molecular weight excluding hydrogens is 510 g/mol. The zero-order valence-corrected chi connectivity index (χ0v) is 23.1. The van der Waals surface area contributed by atoms with Crippen molar-refractivity contribution in [2.24, 2.45) is 4.99 Å². The monoisotopic (exact) mass is 547 g/mol. The minimum Gasteiger partial charge on any atom is -0.289 e. The molecule has 1 fully saturated rings. The molecule has 4 amide bonds. The minimum atomic E-state index is -0.265. The lowest BCUT2D eigenvalue weighted by Gasteiger charge is -2.38. The Labute approximate surface area is 228 Å². The van der Waals surface area contributed by atoms with Gasteiger partial charge >= 0.3 is 0 Å². The van der Waals surface area contributed by atoms with E-state index in [-0.39, 0.29) is 29.7 Å². The molecule has 208 valence electrons. The van der Waals surface area contributed by atoms with Crippen molar-refractivity contribution in [3.63, 3.8) is 0 Å². The van der Waals surface area contributed by atoms with E-state index in [0.29, 0.717) is 57.9 Å². The molecule has 1 aromatic rings. The van der Waals surface area contributed by atoms with Crippen LogP contribution in [0, 0.1) is 0 Å². The van der Waals surface area contributed by atoms with E-state index in [0.717, 1.165) is 5.56 Å². The fourth-order valence-electron chi connectivity index (χ4n) is 4.11. The van der Waals surface area contributed by atoms with Gasteiger partial charge in [-0.15, -0.1) is 0 Å². The van der Waals surface area contributed by atoms with Crippen LogP contribution in [-0.4, -0.2) is 101 Å². The molecule has 13 nitrogen and oxygen atoms in total. The van der Waals surface area contributed by atoms with Gasteiger partial charge in [-0.25, -0.2) is 20.0 Å². The second-order valence-electron chi connectivity index (χ2n) is 9.01. The molecule has 14 heteroatoms. The first-order valence-electron chi connectivity index (χ1n) is 12.3. The lowest BCUT2D eigenvalue weighted by Crippen LogP contribution is -2.60. The second kappa shape index (κ2) is 15.9. The highest BCUT2D eigenvalue weighted by molar-refractivity contribution is 7.78. The van der Waals surface area contributed by atoms with Crippen molar-refractivity contribution in [2.75, 3.05) is 45.8 Å². The van der Waals surface area contributed by atoms with Gasteiger partial charge in [0.25, 0.3) is 0 Å². The molecule has 1 aromatic carbocycles. The van der Waals surface area contributed by atoms with Crippen LogP contribution in [0.4, 0.5) is 5.69 Å². The molecule has 0 spiro atoms. The van der Waals surface area contributed by atoms with Crippen LogP contribution < -0.4 is 21.7 Å². The van der Waals surface area contributed by atoms with E-state index < -0.39 is 0 Å². The summed E-state index contributed by atoms with van der Waals surface area (Å²) in [4.78, 5) is 51.8. The van der Waals surface area contributed by atoms with Crippen LogP contribution in [-0.2, 0) is 25.6 Å². The Hall–Kier alpha value is -3.26. The Bertz CT molecular complexity index is 1020. The number of benzene rings is 1. The van der Waals surface area contributed by atoms with Crippen LogP contribution in [0.3, 0.4) is 0 Å². The summed E-state index contributed by atoms with van der Waals surface area (Å²) in [6.45, 7) is 8.52. The minimum absolute atomic E-state index is 0.217. The first-order valence-corrected chi connectivity index (χ1v) is 12.7. The number of isothiocyanates is 1. The quantitative estimate of drug-likeness (QED) is 0.269. The van der Waals surface area contributed by atoms with Crippen molar-refractivity contribution >= 4 is 46.7 Å². The largest absolute Gasteiger partial charge is 0.289 e. The predicted octanol–water partition coefficient (Wildman–Crippen LogP) is -0.242. The molecule has 1 saturated heterocycles. The molecule has 2 rings (SSSR count). The molecule has 4 N–H and O–H groups in total. The Kier molecular flexibility index (Phi) is 12.9. The van der Waals surface area contributed by atoms with Crippen LogP contribution in [0.25, 0.3) is 0 Å². The van der Waals surface area contributed by atoms with Gasteiger partial charge in [-0.05, 0) is 36.3 Å². The van der Waals surface area contributed by atoms with Gasteiger partial charge in [0.2, 0.25) is 23.6 Å². The van der Waals surface area contributed by atoms with E-state index in [9.17, 15) is 19.2 Å². The summed E-state index contributed by atoms with van der Waals surface area (Å²) >= 11 is 4.68. The molecule has 0 aromatic heterocycles. The number of amides is 4. The van der Waals surface area contributed by atoms with Crippen molar-refractivity contribution < 1.29 is 19.2 Å². The van der Waals surface area contributed by atoms with E-state index >= 15 is 0 Å². The van der Waals surface area contributed by atoms with Gasteiger partial charge < -0.3 is 0 Å². The normalized spacial score (nSPS) is 18.7. The zero-order valence-electron chi connectivity index (χ0n) is 22.3. The number of hydrazine groups is 4. The summed E-state index contributed by atoms with van der Waals surface area (Å²) in [7, 11) is 0. The molecule has 1 aliphatic heterocycles. The molecule has 0 radical (unpaired) electrons. The van der Waals surface area contributed by atoms with Crippen molar-refractivity contribution in [2.45, 2.75) is 40.2 Å². The van der Waals surface area contributed by atoms with Crippen LogP contribution in [0.1, 0.15) is 33.3 Å². The number of thiocarbonyl (C=S) groups is 1. The highest BCUT2D eigenvalue weighted by atomic mass is 32.1. The third-order valence-electron chi connectivity index (χ3n) is 5.59. The molecule has 1 unspecified atom stereocenters. The fraction of sp³-hybridized carbons (Fsp3) is 0.542. The number of nitrogens with zero attached hydrogens (tertiary/aromatic N) is 5. The fourth-order valence-corrected chi connectivity index (χ4v) is 4.22. The van der Waals surface area contributed by atoms with Crippen molar-refractivity contribution in [1.29, 1.82) is 0 Å². The molecule has 1 aliphatic rings. The lowest BCUT2D eigenvalue weighted by molar-refractivity contribution is -0.129. The predicted molar refractivity (Wildman–Crippen MR) is 145 cm³/mol. The lowest BCUT2D eigenvalue weighted by atomic mass is 10.0. The Morgan fingerprint density at radius 1 is 0.763 bits per heavy atom. The van der Waals surface area contributed by atoms with E-state index in [2.05, 4.69) is 44.1 Å². The van der Waals surface area contributed by atoms with Gasteiger partial charge in [0, 0.05) is 79.6 Å². The summed E-state index contributed by atoms with van der Waals surface area (Å²) in [5, 5.41) is 9.48. The van der Waals surface area contributed by atoms with Gasteiger partial charge in [0.15, 0.2) is 0 Å². The molecule has 38 heavy (non-hydrogen) atoms. The van der Waals surface area contributed by atoms with Crippen LogP contribution >= 0.6 is 12.2 Å². The number of rotatable bonds is 7. The van der Waals surface area contributed by atoms with Gasteiger partial charge in [0.05, 0.1) is 10.8 Å². The van der Waals surface area contributed by atoms with Crippen LogP contribution in [0.15, 0.2) is 29.3 Å². The Morgan fingerprint density at radius 2 is 1.21 bits per heavy atom. The Morgan fingerprint density at radius 3 is 1.68 bits per heavy atom. The van der Waals surface area contributed by atoms with E-state index in [1.54, 1.807) is 15.0 Å². The summed E-state index contributed by atoms with van der Waals surface area (Å²) in [6, 6.07) is 7.26. The number of hydrogen-bond donors (Lipinski definition) is 4. The number of nitrogens with one attached hydrogen (secondary N) is 4. The van der Waals surface area contributed by atoms with Gasteiger partial charge in [-0.3, -0.25) is 40.9 Å². The van der Waals surface area contributed by atoms with E-state index in [4.69, 9.17) is 0 Å². The Balaban J connectivity index is 2.41. The molecule has 0 bridgehead atoms. The molecule has 0 aliphatic carbocycles. The van der Waals surface area contributed by atoms with Crippen molar-refractivity contribution in [3.8, 4) is 0 Å². The molecular formula is C24H37N9O4S. The average molecular weight is 548 g/mol. The van der Waals surface area contributed by atoms with Crippen molar-refractivity contribution in [3.05, 3.63) is 29.8 Å². The number of hydrogen-bond acceptors (Lipinski definition) is 10. The third-order valence-corrected chi connectivity index (χ3v) is 5.68. The third kappa shape index (κ3) is 11.9. The van der Waals surface area contributed by atoms with Gasteiger partial charge in [-0.2, -0.15) is 4.99 Å². The molecule has 1 heterocycles. The number of carbonyl (C=O) groups excluding carboxylic acids is 4. The zero-order chi connectivity index (χ0) is 28.1. The summed E-state index contributed by atoms with van der Waals surface area (Å²) in [5.74, 6) is -0.902. The average Bonchev–Trinajstić information content (AvgIpc) is 2.82. The second-order valence-corrected chi connectivity index (χ2v) is 9.20. The number of carbonyl (C=O) groups is 4. The molecule has 1 atom stereocenters. The standard InChI is InChI=1S/C24H37N9O4S/c1-18(34)26-30-9-10-31(27-19(2)35)13-14-33(29-21(4)37)24(16-32(12-11-30)28-20(3)36)15-22-5-7-23(8-6-22)25-17-38/h5-8,24H,9-16H2,1-4H3,(H,26,34)(H,27,35)(H,28,36)(H,29,37). The maximum atomic E-state index is 12.2. The van der Waals surface area contributed by atoms with Crippen LogP contribution in [0.2, 0.25) is 0 Å². The maximum Gasteiger partial charge on any atom is 0.231 e. The summed E-state index contributed by atoms with van der Waals surface area (Å²) in [5.41, 5.74) is 13.1. The van der Waals surface area contributed by atoms with E-state index in [1.807, 2.05) is 29.3 Å². The van der Waals surface area contributed by atoms with Gasteiger partial charge in [-0.1, -0.05) is 12.1 Å². The van der Waals surface area contributed by atoms with Gasteiger partial charge in [0.1, 0.15) is 0 Å². The number of aliphatic imine (C=N–C) groups is 1. The highest BCUT2D eigenvalue weighted by Gasteiger charge is 2.26. The molecule has 0 saturated carbocycles. The summed E-state index contributed by atoms with van der Waals surface area (Å²) < 4.78 is 0. The smallest absolute Gasteiger partial charge is 0.231 e. The topological polar surface area (TPSA) is 142 Å². The first-order chi connectivity index (χ1) is 18.0. The first kappa shape index (κ1) is 31.0. The SMILES string of the molecule is CC(=O)NN1CCN(NC(C)=O)CCN(NC(C)=O)C(Cc2ccc(N=C=S)cc2)CN(NC(C)=O)CC1. The summed E-state index contributed by atoms with van der Waals surface area (Å²) in [6.07, 6.45) is 0.535. The van der Waals surface area contributed by atoms with E-state index in [1.165, 1.54) is 27.7 Å². The highest BCUT2D eigenvalue weighted by Crippen LogP contribution is 2.16. The van der Waals surface area contributed by atoms with Crippen LogP contribution in [0.5, 0.6) is 0 Å². The van der Waals surface area contributed by atoms with Crippen molar-refractivity contribution in [1.82, 2.24) is 41.7 Å².